The summed E-state index contributed by atoms with van der Waals surface area (Å²) in [6.45, 7) is 6.62. The van der Waals surface area contributed by atoms with Crippen LogP contribution in [0.3, 0.4) is 0 Å². The molecule has 1 aromatic rings. The second-order valence-electron chi connectivity index (χ2n) is 2.55. The Kier molecular flexibility index (Phi) is 2.71. The lowest BCUT2D eigenvalue weighted by molar-refractivity contribution is 0.0598. The minimum Gasteiger partial charge on any atom is -0.464 e. The third-order valence-corrected chi connectivity index (χ3v) is 1.58. The van der Waals surface area contributed by atoms with Gasteiger partial charge in [-0.2, -0.15) is 0 Å². The number of furan rings is 1. The Labute approximate surface area is 67.2 Å². The molecule has 0 aliphatic heterocycles. The molecule has 0 aliphatic rings. The fraction of sp³-hybridized carbons (Fsp3) is 0.556. The first-order chi connectivity index (χ1) is 5.24. The molecule has 1 unspecified atom stereocenters. The van der Waals surface area contributed by atoms with Crippen LogP contribution in [0.5, 0.6) is 0 Å². The van der Waals surface area contributed by atoms with Gasteiger partial charge in [-0.3, -0.25) is 0 Å². The molecule has 2 nitrogen and oxygen atoms in total. The van der Waals surface area contributed by atoms with E-state index in [2.05, 4.69) is 0 Å². The van der Waals surface area contributed by atoms with Crippen LogP contribution in [0.15, 0.2) is 16.5 Å². The Morgan fingerprint density at radius 3 is 2.73 bits per heavy atom. The zero-order valence-corrected chi connectivity index (χ0v) is 7.26. The van der Waals surface area contributed by atoms with Crippen LogP contribution in [0.25, 0.3) is 0 Å². The summed E-state index contributed by atoms with van der Waals surface area (Å²) in [5, 5.41) is 0. The summed E-state index contributed by atoms with van der Waals surface area (Å²) in [5.74, 6) is 1.84. The number of aryl methyl sites for hydroxylation is 1. The average Bonchev–Trinajstić information content (AvgIpc) is 2.36. The summed E-state index contributed by atoms with van der Waals surface area (Å²) in [4.78, 5) is 0. The molecule has 0 bridgehead atoms. The van der Waals surface area contributed by atoms with Crippen molar-refractivity contribution in [3.8, 4) is 0 Å². The van der Waals surface area contributed by atoms with Crippen molar-refractivity contribution < 1.29 is 9.15 Å². The summed E-state index contributed by atoms with van der Waals surface area (Å²) in [7, 11) is 0. The van der Waals surface area contributed by atoms with Crippen LogP contribution in [0.4, 0.5) is 0 Å². The van der Waals surface area contributed by atoms with Gasteiger partial charge in [0.2, 0.25) is 0 Å². The summed E-state index contributed by atoms with van der Waals surface area (Å²) in [6.07, 6.45) is 0.0775. The maximum Gasteiger partial charge on any atom is 0.132 e. The number of hydrogen-bond donors (Lipinski definition) is 0. The van der Waals surface area contributed by atoms with Crippen molar-refractivity contribution in [1.82, 2.24) is 0 Å². The van der Waals surface area contributed by atoms with E-state index in [1.807, 2.05) is 32.9 Å². The molecule has 0 amide bonds. The van der Waals surface area contributed by atoms with Crippen molar-refractivity contribution in [2.24, 2.45) is 0 Å². The minimum atomic E-state index is 0.0775. The Morgan fingerprint density at radius 1 is 1.55 bits per heavy atom. The zero-order valence-electron chi connectivity index (χ0n) is 7.26. The van der Waals surface area contributed by atoms with Gasteiger partial charge < -0.3 is 9.15 Å². The van der Waals surface area contributed by atoms with Gasteiger partial charge in [0.25, 0.3) is 0 Å². The maximum atomic E-state index is 5.37. The van der Waals surface area contributed by atoms with Crippen molar-refractivity contribution in [3.05, 3.63) is 23.7 Å². The van der Waals surface area contributed by atoms with E-state index in [1.165, 1.54) is 0 Å². The van der Waals surface area contributed by atoms with Crippen LogP contribution in [-0.2, 0) is 4.74 Å². The van der Waals surface area contributed by atoms with Crippen molar-refractivity contribution in [1.29, 1.82) is 0 Å². The van der Waals surface area contributed by atoms with Gasteiger partial charge in [0.1, 0.15) is 17.6 Å². The molecule has 0 spiro atoms. The van der Waals surface area contributed by atoms with E-state index >= 15 is 0 Å². The van der Waals surface area contributed by atoms with E-state index in [0.717, 1.165) is 18.1 Å². The Balaban J connectivity index is 2.60. The molecule has 1 atom stereocenters. The maximum absolute atomic E-state index is 5.37. The van der Waals surface area contributed by atoms with Crippen molar-refractivity contribution in [2.45, 2.75) is 26.9 Å². The second-order valence-corrected chi connectivity index (χ2v) is 2.55. The quantitative estimate of drug-likeness (QED) is 0.667. The fourth-order valence-electron chi connectivity index (χ4n) is 1.00. The first-order valence-electron chi connectivity index (χ1n) is 3.92. The molecular formula is C9H14O2. The van der Waals surface area contributed by atoms with E-state index in [4.69, 9.17) is 9.15 Å². The second kappa shape index (κ2) is 3.58. The van der Waals surface area contributed by atoms with Crippen molar-refractivity contribution in [2.75, 3.05) is 6.61 Å². The molecule has 62 valence electrons. The van der Waals surface area contributed by atoms with E-state index in [0.29, 0.717) is 0 Å². The van der Waals surface area contributed by atoms with Gasteiger partial charge in [0.05, 0.1) is 0 Å². The fourth-order valence-corrected chi connectivity index (χ4v) is 1.00. The molecule has 1 heterocycles. The molecular weight excluding hydrogens is 140 g/mol. The molecule has 2 heteroatoms. The molecule has 0 aromatic carbocycles. The highest BCUT2D eigenvalue weighted by molar-refractivity contribution is 5.07. The highest BCUT2D eigenvalue weighted by Gasteiger charge is 2.07. The third-order valence-electron chi connectivity index (χ3n) is 1.58. The Hall–Kier alpha value is -0.760. The van der Waals surface area contributed by atoms with Gasteiger partial charge in [-0.1, -0.05) is 0 Å². The van der Waals surface area contributed by atoms with E-state index in [9.17, 15) is 0 Å². The molecule has 1 rings (SSSR count). The summed E-state index contributed by atoms with van der Waals surface area (Å²) in [5.41, 5.74) is 0. The molecule has 0 radical (unpaired) electrons. The SMILES string of the molecule is CCOC(C)c1ccc(C)o1. The van der Waals surface area contributed by atoms with Crippen LogP contribution >= 0.6 is 0 Å². The number of hydrogen-bond acceptors (Lipinski definition) is 2. The largest absolute Gasteiger partial charge is 0.464 e. The van der Waals surface area contributed by atoms with Gasteiger partial charge in [0.15, 0.2) is 0 Å². The van der Waals surface area contributed by atoms with Crippen LogP contribution in [0.2, 0.25) is 0 Å². The smallest absolute Gasteiger partial charge is 0.132 e. The Bertz CT molecular complexity index is 215. The standard InChI is InChI=1S/C9H14O2/c1-4-10-8(3)9-6-5-7(2)11-9/h5-6,8H,4H2,1-3H3. The Morgan fingerprint density at radius 2 is 2.27 bits per heavy atom. The summed E-state index contributed by atoms with van der Waals surface area (Å²) in [6, 6.07) is 3.90. The van der Waals surface area contributed by atoms with Gasteiger partial charge >= 0.3 is 0 Å². The van der Waals surface area contributed by atoms with Crippen LogP contribution in [0.1, 0.15) is 31.5 Å². The average molecular weight is 154 g/mol. The monoisotopic (exact) mass is 154 g/mol. The highest BCUT2D eigenvalue weighted by Crippen LogP contribution is 2.18. The zero-order chi connectivity index (χ0) is 8.27. The first kappa shape index (κ1) is 8.34. The van der Waals surface area contributed by atoms with Crippen molar-refractivity contribution in [3.63, 3.8) is 0 Å². The predicted octanol–water partition coefficient (Wildman–Crippen LogP) is 2.69. The first-order valence-corrected chi connectivity index (χ1v) is 3.92. The molecule has 0 saturated heterocycles. The van der Waals surface area contributed by atoms with Gasteiger partial charge in [0, 0.05) is 6.61 Å². The molecule has 1 aromatic heterocycles. The molecule has 0 fully saturated rings. The van der Waals surface area contributed by atoms with Crippen molar-refractivity contribution >= 4 is 0 Å². The van der Waals surface area contributed by atoms with Crippen LogP contribution in [0, 0.1) is 6.92 Å². The van der Waals surface area contributed by atoms with E-state index in [-0.39, 0.29) is 6.10 Å². The molecule has 0 N–H and O–H groups in total. The predicted molar refractivity (Wildman–Crippen MR) is 43.5 cm³/mol. The molecule has 11 heavy (non-hydrogen) atoms. The topological polar surface area (TPSA) is 22.4 Å². The minimum absolute atomic E-state index is 0.0775. The van der Waals surface area contributed by atoms with E-state index in [1.54, 1.807) is 0 Å². The lowest BCUT2D eigenvalue weighted by Gasteiger charge is -2.07. The van der Waals surface area contributed by atoms with Gasteiger partial charge in [-0.15, -0.1) is 0 Å². The highest BCUT2D eigenvalue weighted by atomic mass is 16.5. The lowest BCUT2D eigenvalue weighted by atomic mass is 10.3. The molecule has 0 saturated carbocycles. The third kappa shape index (κ3) is 2.09. The summed E-state index contributed by atoms with van der Waals surface area (Å²) >= 11 is 0. The summed E-state index contributed by atoms with van der Waals surface area (Å²) < 4.78 is 10.7. The lowest BCUT2D eigenvalue weighted by Crippen LogP contribution is -1.97. The molecule has 0 aliphatic carbocycles. The van der Waals surface area contributed by atoms with Gasteiger partial charge in [-0.25, -0.2) is 0 Å². The number of rotatable bonds is 3. The van der Waals surface area contributed by atoms with Crippen LogP contribution < -0.4 is 0 Å². The van der Waals surface area contributed by atoms with Crippen LogP contribution in [-0.4, -0.2) is 6.61 Å². The van der Waals surface area contributed by atoms with E-state index < -0.39 is 0 Å². The normalized spacial score (nSPS) is 13.4. The number of ether oxygens (including phenoxy) is 1. The van der Waals surface area contributed by atoms with Gasteiger partial charge in [-0.05, 0) is 32.9 Å².